The summed E-state index contributed by atoms with van der Waals surface area (Å²) in [6.07, 6.45) is 0. The summed E-state index contributed by atoms with van der Waals surface area (Å²) in [7, 11) is 0. The van der Waals surface area contributed by atoms with Crippen LogP contribution in [0.2, 0.25) is 0 Å². The summed E-state index contributed by atoms with van der Waals surface area (Å²) < 4.78 is 26.6. The number of halogens is 2. The van der Waals surface area contributed by atoms with Gasteiger partial charge in [-0.05, 0) is 54.1 Å². The zero-order valence-corrected chi connectivity index (χ0v) is 16.3. The number of nitrogens with one attached hydrogen (secondary N) is 2. The van der Waals surface area contributed by atoms with Crippen LogP contribution >= 0.6 is 0 Å². The minimum atomic E-state index is -0.347. The first-order valence-electron chi connectivity index (χ1n) is 9.78. The number of fused-ring (bicyclic) bond motifs is 3. The van der Waals surface area contributed by atoms with E-state index in [0.29, 0.717) is 11.3 Å². The van der Waals surface area contributed by atoms with Crippen molar-refractivity contribution < 1.29 is 13.6 Å². The molecule has 2 N–H and O–H groups in total. The van der Waals surface area contributed by atoms with E-state index in [1.54, 1.807) is 30.3 Å². The van der Waals surface area contributed by atoms with Crippen LogP contribution in [0, 0.1) is 11.6 Å². The summed E-state index contributed by atoms with van der Waals surface area (Å²) in [5.41, 5.74) is 4.00. The van der Waals surface area contributed by atoms with Crippen molar-refractivity contribution in [1.29, 1.82) is 0 Å². The Labute approximate surface area is 176 Å². The molecule has 0 aliphatic heterocycles. The lowest BCUT2D eigenvalue weighted by Gasteiger charge is -2.09. The molecule has 152 valence electrons. The van der Waals surface area contributed by atoms with E-state index in [1.165, 1.54) is 24.3 Å². The lowest BCUT2D eigenvalue weighted by molar-refractivity contribution is 0.0946. The van der Waals surface area contributed by atoms with Gasteiger partial charge in [0.2, 0.25) is 0 Å². The highest BCUT2D eigenvalue weighted by molar-refractivity contribution is 6.13. The van der Waals surface area contributed by atoms with Crippen molar-refractivity contribution in [2.75, 3.05) is 0 Å². The molecular weight excluding hydrogens is 396 g/mol. The molecule has 0 fully saturated rings. The third kappa shape index (κ3) is 3.64. The Morgan fingerprint density at radius 2 is 1.55 bits per heavy atom. The number of H-pyrrole nitrogens is 1. The minimum absolute atomic E-state index is 0.249. The van der Waals surface area contributed by atoms with Gasteiger partial charge >= 0.3 is 0 Å². The molecule has 0 saturated heterocycles. The average Bonchev–Trinajstić information content (AvgIpc) is 3.17. The van der Waals surface area contributed by atoms with Crippen molar-refractivity contribution in [2.45, 2.75) is 6.54 Å². The van der Waals surface area contributed by atoms with Crippen molar-refractivity contribution >= 4 is 27.7 Å². The number of nitrogens with zero attached hydrogens (tertiary/aromatic N) is 1. The van der Waals surface area contributed by atoms with E-state index in [0.717, 1.165) is 27.4 Å². The number of benzene rings is 3. The molecule has 0 radical (unpaired) electrons. The fraction of sp³-hybridized carbons (Fsp3) is 0.0400. The molecule has 0 atom stereocenters. The van der Waals surface area contributed by atoms with Crippen molar-refractivity contribution in [3.05, 3.63) is 102 Å². The normalized spacial score (nSPS) is 11.2. The van der Waals surface area contributed by atoms with Gasteiger partial charge in [-0.25, -0.2) is 13.8 Å². The van der Waals surface area contributed by atoms with Crippen molar-refractivity contribution in [2.24, 2.45) is 0 Å². The summed E-state index contributed by atoms with van der Waals surface area (Å²) >= 11 is 0. The number of para-hydroxylation sites is 1. The van der Waals surface area contributed by atoms with Gasteiger partial charge in [0.15, 0.2) is 0 Å². The van der Waals surface area contributed by atoms with Gasteiger partial charge in [0.05, 0.1) is 11.2 Å². The summed E-state index contributed by atoms with van der Waals surface area (Å²) in [5, 5.41) is 4.66. The number of rotatable bonds is 4. The van der Waals surface area contributed by atoms with Gasteiger partial charge < -0.3 is 10.3 Å². The van der Waals surface area contributed by atoms with Gasteiger partial charge in [0.25, 0.3) is 5.91 Å². The Morgan fingerprint density at radius 1 is 0.871 bits per heavy atom. The van der Waals surface area contributed by atoms with Crippen LogP contribution in [-0.4, -0.2) is 15.9 Å². The maximum atomic E-state index is 13.5. The van der Waals surface area contributed by atoms with Gasteiger partial charge in [-0.2, -0.15) is 0 Å². The highest BCUT2D eigenvalue weighted by Gasteiger charge is 2.17. The number of amides is 1. The van der Waals surface area contributed by atoms with Crippen LogP contribution < -0.4 is 5.32 Å². The Kier molecular flexibility index (Phi) is 4.67. The van der Waals surface area contributed by atoms with E-state index in [9.17, 15) is 13.6 Å². The van der Waals surface area contributed by atoms with E-state index < -0.39 is 0 Å². The fourth-order valence-electron chi connectivity index (χ4n) is 3.65. The first-order chi connectivity index (χ1) is 15.1. The molecule has 31 heavy (non-hydrogen) atoms. The molecule has 2 aromatic heterocycles. The lowest BCUT2D eigenvalue weighted by atomic mass is 10.1. The molecule has 0 saturated carbocycles. The van der Waals surface area contributed by atoms with Crippen LogP contribution in [0.25, 0.3) is 33.1 Å². The number of carbonyl (C=O) groups excluding carboxylic acids is 1. The zero-order chi connectivity index (χ0) is 21.4. The minimum Gasteiger partial charge on any atom is -0.353 e. The van der Waals surface area contributed by atoms with Crippen LogP contribution in [0.3, 0.4) is 0 Å². The highest BCUT2D eigenvalue weighted by atomic mass is 19.1. The largest absolute Gasteiger partial charge is 0.353 e. The molecule has 1 amide bonds. The quantitative estimate of drug-likeness (QED) is 0.403. The van der Waals surface area contributed by atoms with Crippen LogP contribution in [-0.2, 0) is 6.54 Å². The molecule has 5 rings (SSSR count). The molecule has 5 aromatic rings. The van der Waals surface area contributed by atoms with Crippen LogP contribution in [0.5, 0.6) is 0 Å². The molecule has 0 spiro atoms. The first kappa shape index (κ1) is 18.9. The maximum Gasteiger partial charge on any atom is 0.270 e. The Balaban J connectivity index is 1.59. The molecule has 0 aliphatic carbocycles. The second-order valence-corrected chi connectivity index (χ2v) is 7.27. The van der Waals surface area contributed by atoms with Crippen molar-refractivity contribution in [1.82, 2.24) is 15.3 Å². The van der Waals surface area contributed by atoms with Gasteiger partial charge in [-0.3, -0.25) is 4.79 Å². The zero-order valence-electron chi connectivity index (χ0n) is 16.3. The number of aromatic amines is 1. The van der Waals surface area contributed by atoms with Crippen molar-refractivity contribution in [3.63, 3.8) is 0 Å². The molecule has 0 unspecified atom stereocenters. The number of pyridine rings is 1. The fourth-order valence-corrected chi connectivity index (χ4v) is 3.65. The Bertz CT molecular complexity index is 1410. The third-order valence-corrected chi connectivity index (χ3v) is 5.21. The smallest absolute Gasteiger partial charge is 0.270 e. The number of hydrogen-bond acceptors (Lipinski definition) is 2. The van der Waals surface area contributed by atoms with Crippen LogP contribution in [0.4, 0.5) is 8.78 Å². The monoisotopic (exact) mass is 413 g/mol. The van der Waals surface area contributed by atoms with E-state index in [1.807, 2.05) is 24.3 Å². The summed E-state index contributed by atoms with van der Waals surface area (Å²) in [4.78, 5) is 20.9. The molecule has 0 aliphatic rings. The standard InChI is InChI=1S/C25H17F2N3O/c26-17-9-5-15(6-10-17)14-28-25(31)22-13-20-19-3-1-2-4-21(19)29-24(20)23(30-22)16-7-11-18(27)12-8-16/h1-13,29H,14H2,(H,28,31). The second kappa shape index (κ2) is 7.65. The second-order valence-electron chi connectivity index (χ2n) is 7.27. The van der Waals surface area contributed by atoms with Gasteiger partial charge in [-0.1, -0.05) is 30.3 Å². The average molecular weight is 413 g/mol. The van der Waals surface area contributed by atoms with E-state index >= 15 is 0 Å². The molecule has 6 heteroatoms. The van der Waals surface area contributed by atoms with E-state index in [-0.39, 0.29) is 29.8 Å². The highest BCUT2D eigenvalue weighted by Crippen LogP contribution is 2.32. The number of carbonyl (C=O) groups is 1. The topological polar surface area (TPSA) is 57.8 Å². The van der Waals surface area contributed by atoms with Crippen LogP contribution in [0.1, 0.15) is 16.1 Å². The van der Waals surface area contributed by atoms with Gasteiger partial charge in [-0.15, -0.1) is 0 Å². The molecular formula is C25H17F2N3O. The van der Waals surface area contributed by atoms with Gasteiger partial charge in [0, 0.05) is 28.4 Å². The summed E-state index contributed by atoms with van der Waals surface area (Å²) in [6.45, 7) is 0.249. The summed E-state index contributed by atoms with van der Waals surface area (Å²) in [5.74, 6) is -1.02. The van der Waals surface area contributed by atoms with E-state index in [2.05, 4.69) is 15.3 Å². The molecule has 3 aromatic carbocycles. The number of hydrogen-bond donors (Lipinski definition) is 2. The molecule has 0 bridgehead atoms. The van der Waals surface area contributed by atoms with E-state index in [4.69, 9.17) is 0 Å². The molecule has 2 heterocycles. The SMILES string of the molecule is O=C(NCc1ccc(F)cc1)c1cc2c([nH]c3ccccc32)c(-c2ccc(F)cc2)n1. The van der Waals surface area contributed by atoms with Crippen molar-refractivity contribution in [3.8, 4) is 11.3 Å². The predicted octanol–water partition coefficient (Wildman–Crippen LogP) is 5.59. The first-order valence-corrected chi connectivity index (χ1v) is 9.78. The molecule has 4 nitrogen and oxygen atoms in total. The lowest BCUT2D eigenvalue weighted by Crippen LogP contribution is -2.24. The summed E-state index contributed by atoms with van der Waals surface area (Å²) in [6, 6.07) is 21.5. The Morgan fingerprint density at radius 3 is 2.29 bits per heavy atom. The third-order valence-electron chi connectivity index (χ3n) is 5.21. The maximum absolute atomic E-state index is 13.5. The number of aromatic nitrogens is 2. The van der Waals surface area contributed by atoms with Crippen LogP contribution in [0.15, 0.2) is 78.9 Å². The predicted molar refractivity (Wildman–Crippen MR) is 117 cm³/mol. The van der Waals surface area contributed by atoms with Gasteiger partial charge in [0.1, 0.15) is 17.3 Å². The Hall–Kier alpha value is -4.06.